The molecule has 1 atom stereocenters. The van der Waals surface area contributed by atoms with Crippen LogP contribution in [0.4, 0.5) is 11.5 Å². The lowest BCUT2D eigenvalue weighted by Crippen LogP contribution is -2.33. The molecule has 0 aliphatic carbocycles. The third-order valence-corrected chi connectivity index (χ3v) is 7.20. The monoisotopic (exact) mass is 588 g/mol. The van der Waals surface area contributed by atoms with Gasteiger partial charge in [0.1, 0.15) is 36.3 Å². The van der Waals surface area contributed by atoms with E-state index in [4.69, 9.17) is 15.2 Å². The Balaban J connectivity index is 1.57. The van der Waals surface area contributed by atoms with E-state index >= 15 is 0 Å². The van der Waals surface area contributed by atoms with Crippen molar-refractivity contribution in [3.05, 3.63) is 82.8 Å². The molecule has 1 unspecified atom stereocenters. The predicted molar refractivity (Wildman–Crippen MR) is 164 cm³/mol. The summed E-state index contributed by atoms with van der Waals surface area (Å²) in [5.41, 5.74) is 9.93. The smallest absolute Gasteiger partial charge is 0.321 e. The fourth-order valence-corrected chi connectivity index (χ4v) is 4.78. The molecule has 218 valence electrons. The number of aromatic nitrogens is 3. The van der Waals surface area contributed by atoms with E-state index in [0.29, 0.717) is 11.6 Å². The molecule has 2 aromatic heterocycles. The molecule has 11 nitrogen and oxygen atoms in total. The van der Waals surface area contributed by atoms with Gasteiger partial charge < -0.3 is 30.9 Å². The highest BCUT2D eigenvalue weighted by Crippen LogP contribution is 2.30. The first kappa shape index (κ1) is 30.4. The highest BCUT2D eigenvalue weighted by atomic mass is 32.2. The Morgan fingerprint density at radius 1 is 1.10 bits per heavy atom. The van der Waals surface area contributed by atoms with Gasteiger partial charge in [0.15, 0.2) is 0 Å². The molecule has 42 heavy (non-hydrogen) atoms. The zero-order chi connectivity index (χ0) is 30.1. The molecule has 12 heteroatoms. The summed E-state index contributed by atoms with van der Waals surface area (Å²) in [7, 11) is 1.44. The molecule has 0 saturated carbocycles. The van der Waals surface area contributed by atoms with Crippen LogP contribution in [0.5, 0.6) is 11.5 Å². The summed E-state index contributed by atoms with van der Waals surface area (Å²) in [6, 6.07) is 14.2. The van der Waals surface area contributed by atoms with E-state index in [9.17, 15) is 14.7 Å². The van der Waals surface area contributed by atoms with Gasteiger partial charge in [-0.05, 0) is 73.5 Å². The normalized spacial score (nSPS) is 12.1. The van der Waals surface area contributed by atoms with E-state index < -0.39 is 12.0 Å². The van der Waals surface area contributed by atoms with Gasteiger partial charge in [-0.15, -0.1) is 11.8 Å². The molecule has 0 fully saturated rings. The van der Waals surface area contributed by atoms with Gasteiger partial charge in [-0.25, -0.2) is 9.97 Å². The summed E-state index contributed by atoms with van der Waals surface area (Å²) in [5.74, 6) is 0.757. The topological polar surface area (TPSA) is 162 Å². The summed E-state index contributed by atoms with van der Waals surface area (Å²) in [4.78, 5) is 37.0. The number of pyridine rings is 1. The summed E-state index contributed by atoms with van der Waals surface area (Å²) in [5, 5.41) is 16.1. The number of hydrogen-bond donors (Lipinski definition) is 4. The van der Waals surface area contributed by atoms with E-state index in [2.05, 4.69) is 25.6 Å². The van der Waals surface area contributed by atoms with Gasteiger partial charge in [0.25, 0.3) is 0 Å². The number of nitrogens with one attached hydrogen (secondary N) is 2. The maximum Gasteiger partial charge on any atom is 0.321 e. The fraction of sp³-hybridized carbons (Fsp3) is 0.233. The minimum atomic E-state index is -1.09. The molecule has 5 N–H and O–H groups in total. The number of carbonyl (C=O) groups excluding carboxylic acids is 1. The molecular formula is C30H32N6O5S. The number of carboxylic acid groups (broad SMARTS) is 1. The lowest BCUT2D eigenvalue weighted by Gasteiger charge is -2.13. The van der Waals surface area contributed by atoms with E-state index in [1.807, 2.05) is 68.5 Å². The molecule has 0 aliphatic heterocycles. The number of aliphatic carboxylic acids is 1. The molecule has 0 spiro atoms. The first-order chi connectivity index (χ1) is 20.2. The average molecular weight is 589 g/mol. The molecule has 0 radical (unpaired) electrons. The molecule has 0 bridgehead atoms. The van der Waals surface area contributed by atoms with E-state index in [-0.39, 0.29) is 24.8 Å². The number of anilines is 2. The summed E-state index contributed by atoms with van der Waals surface area (Å²) in [6.07, 6.45) is 5.06. The first-order valence-electron chi connectivity index (χ1n) is 13.0. The summed E-state index contributed by atoms with van der Waals surface area (Å²) in [6.45, 7) is 4.00. The Morgan fingerprint density at radius 2 is 1.93 bits per heavy atom. The Labute approximate surface area is 247 Å². The van der Waals surface area contributed by atoms with Crippen molar-refractivity contribution in [3.63, 3.8) is 0 Å². The van der Waals surface area contributed by atoms with E-state index in [1.54, 1.807) is 6.20 Å². The molecule has 4 aromatic rings. The van der Waals surface area contributed by atoms with Gasteiger partial charge in [0.2, 0.25) is 5.91 Å². The number of nitrogens with zero attached hydrogens (tertiary/aromatic N) is 3. The predicted octanol–water partition coefficient (Wildman–Crippen LogP) is 4.43. The number of aryl methyl sites for hydroxylation is 2. The first-order valence-corrected chi connectivity index (χ1v) is 14.0. The third kappa shape index (κ3) is 8.49. The number of fused-ring (bicyclic) bond motifs is 1. The van der Waals surface area contributed by atoms with Crippen molar-refractivity contribution in [1.82, 2.24) is 20.3 Å². The zero-order valence-corrected chi connectivity index (χ0v) is 24.3. The SMILES string of the molecule is COCC(=O)NCC(=Cc1ccc2ncnc(Nc3ccc(Oc4ccc(C)nc4)c(C)c3)c2c1)SCC(N)C(=O)O. The molecule has 2 aromatic carbocycles. The Morgan fingerprint density at radius 3 is 2.64 bits per heavy atom. The second-order valence-electron chi connectivity index (χ2n) is 9.42. The minimum Gasteiger partial charge on any atom is -0.480 e. The Hall–Kier alpha value is -4.52. The number of amides is 1. The van der Waals surface area contributed by atoms with Crippen LogP contribution in [-0.4, -0.2) is 64.0 Å². The largest absolute Gasteiger partial charge is 0.480 e. The Kier molecular flexibility index (Phi) is 10.4. The van der Waals surface area contributed by atoms with Crippen LogP contribution in [0.25, 0.3) is 17.0 Å². The van der Waals surface area contributed by atoms with E-state index in [1.165, 1.54) is 25.2 Å². The van der Waals surface area contributed by atoms with Crippen molar-refractivity contribution < 1.29 is 24.2 Å². The summed E-state index contributed by atoms with van der Waals surface area (Å²) >= 11 is 1.27. The fourth-order valence-electron chi connectivity index (χ4n) is 3.85. The summed E-state index contributed by atoms with van der Waals surface area (Å²) < 4.78 is 10.9. The van der Waals surface area contributed by atoms with Gasteiger partial charge in [-0.1, -0.05) is 6.07 Å². The number of rotatable bonds is 13. The van der Waals surface area contributed by atoms with Crippen LogP contribution >= 0.6 is 11.8 Å². The third-order valence-electron chi connectivity index (χ3n) is 6.04. The lowest BCUT2D eigenvalue weighted by atomic mass is 10.1. The van der Waals surface area contributed by atoms with Gasteiger partial charge in [-0.2, -0.15) is 0 Å². The quantitative estimate of drug-likeness (QED) is 0.175. The van der Waals surface area contributed by atoms with Gasteiger partial charge in [-0.3, -0.25) is 14.6 Å². The number of methoxy groups -OCH3 is 1. The average Bonchev–Trinajstić information content (AvgIpc) is 2.97. The molecule has 1 amide bonds. The minimum absolute atomic E-state index is 0.0787. The van der Waals surface area contributed by atoms with Crippen LogP contribution in [-0.2, 0) is 14.3 Å². The highest BCUT2D eigenvalue weighted by molar-refractivity contribution is 8.03. The number of ether oxygens (including phenoxy) is 2. The highest BCUT2D eigenvalue weighted by Gasteiger charge is 2.14. The number of hydrogen-bond acceptors (Lipinski definition) is 10. The zero-order valence-electron chi connectivity index (χ0n) is 23.5. The van der Waals surface area contributed by atoms with Crippen molar-refractivity contribution in [1.29, 1.82) is 0 Å². The maximum atomic E-state index is 12.0. The number of thioether (sulfide) groups is 1. The van der Waals surface area contributed by atoms with Crippen LogP contribution in [0.3, 0.4) is 0 Å². The van der Waals surface area contributed by atoms with Crippen molar-refractivity contribution in [3.8, 4) is 11.5 Å². The van der Waals surface area contributed by atoms with Crippen molar-refractivity contribution in [2.45, 2.75) is 19.9 Å². The molecule has 2 heterocycles. The molecular weight excluding hydrogens is 556 g/mol. The number of benzene rings is 2. The van der Waals surface area contributed by atoms with Crippen LogP contribution in [0.2, 0.25) is 0 Å². The van der Waals surface area contributed by atoms with Gasteiger partial charge >= 0.3 is 5.97 Å². The number of nitrogens with two attached hydrogens (primary N) is 1. The van der Waals surface area contributed by atoms with Crippen molar-refractivity contribution in [2.24, 2.45) is 5.73 Å². The Bertz CT molecular complexity index is 1600. The van der Waals surface area contributed by atoms with Crippen LogP contribution in [0.15, 0.2) is 66.0 Å². The van der Waals surface area contributed by atoms with Crippen LogP contribution < -0.4 is 21.1 Å². The molecule has 0 saturated heterocycles. The van der Waals surface area contributed by atoms with Gasteiger partial charge in [0, 0.05) is 41.1 Å². The number of carboxylic acids is 1. The van der Waals surface area contributed by atoms with Crippen molar-refractivity contribution >= 4 is 52.1 Å². The van der Waals surface area contributed by atoms with Crippen LogP contribution in [0, 0.1) is 13.8 Å². The lowest BCUT2D eigenvalue weighted by molar-refractivity contribution is -0.137. The second-order valence-corrected chi connectivity index (χ2v) is 10.6. The molecule has 0 aliphatic rings. The number of carbonyl (C=O) groups is 2. The van der Waals surface area contributed by atoms with Gasteiger partial charge in [0.05, 0.1) is 11.7 Å². The van der Waals surface area contributed by atoms with Crippen LogP contribution in [0.1, 0.15) is 16.8 Å². The van der Waals surface area contributed by atoms with Crippen molar-refractivity contribution in [2.75, 3.05) is 31.3 Å². The standard InChI is InChI=1S/C30H32N6O5S/c1-18-10-21(6-9-27(18)41-22-7-4-19(2)32-13-22)36-29-24-12-20(5-8-26(24)34-17-35-29)11-23(14-33-28(37)15-40-3)42-16-25(31)30(38)39/h4-13,17,25H,14-16,31H2,1-3H3,(H,33,37)(H,38,39)(H,34,35,36). The molecule has 4 rings (SSSR count). The second kappa shape index (κ2) is 14.4. The maximum absolute atomic E-state index is 12.0. The van der Waals surface area contributed by atoms with E-state index in [0.717, 1.165) is 44.1 Å².